The zero-order chi connectivity index (χ0) is 22.1. The lowest BCUT2D eigenvalue weighted by molar-refractivity contribution is -0.115. The number of rotatable bonds is 7. The number of ether oxygens (including phenoxy) is 2. The van der Waals surface area contributed by atoms with E-state index in [0.29, 0.717) is 20.3 Å². The molecule has 1 fully saturated rings. The molecule has 0 radical (unpaired) electrons. The van der Waals surface area contributed by atoms with Gasteiger partial charge in [0.05, 0.1) is 11.1 Å². The molecule has 1 aromatic carbocycles. The number of halogens is 2. The third kappa shape index (κ3) is 4.75. The van der Waals surface area contributed by atoms with Gasteiger partial charge in [0.15, 0.2) is 5.60 Å². The van der Waals surface area contributed by atoms with Crippen LogP contribution in [0.5, 0.6) is 0 Å². The van der Waals surface area contributed by atoms with Crippen LogP contribution < -0.4 is 0 Å². The van der Waals surface area contributed by atoms with Crippen molar-refractivity contribution in [1.29, 1.82) is 0 Å². The lowest BCUT2D eigenvalue weighted by Gasteiger charge is -2.31. The molecule has 1 aromatic rings. The smallest absolute Gasteiger partial charge is 0.407 e. The zero-order valence-corrected chi connectivity index (χ0v) is 17.2. The van der Waals surface area contributed by atoms with Crippen LogP contribution in [-0.4, -0.2) is 41.4 Å². The monoisotopic (exact) mass is 434 g/mol. The Morgan fingerprint density at radius 1 is 1.07 bits per heavy atom. The summed E-state index contributed by atoms with van der Waals surface area (Å²) < 4.78 is 68.4. The molecule has 1 saturated carbocycles. The minimum absolute atomic E-state index is 0.174. The summed E-state index contributed by atoms with van der Waals surface area (Å²) in [7, 11) is -5.80. The molecule has 0 unspecified atom stereocenters. The van der Waals surface area contributed by atoms with E-state index in [-0.39, 0.29) is 11.1 Å². The SMILES string of the molecule is CCC1(OC(=O)c2ccc(C(=O)OC(C)(C)C(F)(F)S(=O)(=O)O)cc2)CCCC1. The molecule has 0 atom stereocenters. The summed E-state index contributed by atoms with van der Waals surface area (Å²) in [6, 6.07) is 4.97. The van der Waals surface area contributed by atoms with Gasteiger partial charge in [0, 0.05) is 0 Å². The molecule has 0 heterocycles. The Balaban J connectivity index is 2.11. The average Bonchev–Trinajstić information content (AvgIpc) is 3.09. The zero-order valence-electron chi connectivity index (χ0n) is 16.4. The maximum Gasteiger partial charge on any atom is 0.407 e. The molecule has 162 valence electrons. The summed E-state index contributed by atoms with van der Waals surface area (Å²) in [5, 5.41) is -4.71. The van der Waals surface area contributed by atoms with Crippen molar-refractivity contribution in [2.75, 3.05) is 0 Å². The minimum atomic E-state index is -5.80. The number of alkyl halides is 2. The van der Waals surface area contributed by atoms with Crippen LogP contribution in [0, 0.1) is 0 Å². The van der Waals surface area contributed by atoms with E-state index in [1.54, 1.807) is 0 Å². The topological polar surface area (TPSA) is 107 Å². The number of hydrogen-bond acceptors (Lipinski definition) is 6. The first-order chi connectivity index (χ1) is 13.2. The molecule has 1 aliphatic rings. The number of hydrogen-bond donors (Lipinski definition) is 1. The highest BCUT2D eigenvalue weighted by Gasteiger charge is 2.60. The van der Waals surface area contributed by atoms with Crippen molar-refractivity contribution >= 4 is 22.1 Å². The van der Waals surface area contributed by atoms with Gasteiger partial charge in [0.2, 0.25) is 0 Å². The molecule has 0 aromatic heterocycles. The Morgan fingerprint density at radius 2 is 1.52 bits per heavy atom. The van der Waals surface area contributed by atoms with Crippen molar-refractivity contribution in [3.05, 3.63) is 35.4 Å². The Morgan fingerprint density at radius 3 is 1.93 bits per heavy atom. The molecule has 29 heavy (non-hydrogen) atoms. The van der Waals surface area contributed by atoms with Gasteiger partial charge >= 0.3 is 27.3 Å². The van der Waals surface area contributed by atoms with Crippen molar-refractivity contribution < 1.29 is 40.8 Å². The average molecular weight is 434 g/mol. The highest BCUT2D eigenvalue weighted by molar-refractivity contribution is 7.87. The molecule has 1 N–H and O–H groups in total. The second-order valence-electron chi connectivity index (χ2n) is 7.60. The van der Waals surface area contributed by atoms with Crippen LogP contribution in [0.3, 0.4) is 0 Å². The van der Waals surface area contributed by atoms with E-state index in [4.69, 9.17) is 9.29 Å². The quantitative estimate of drug-likeness (QED) is 0.511. The second-order valence-corrected chi connectivity index (χ2v) is 9.07. The molecular weight excluding hydrogens is 410 g/mol. The van der Waals surface area contributed by atoms with Gasteiger partial charge in [-0.15, -0.1) is 0 Å². The van der Waals surface area contributed by atoms with Crippen LogP contribution in [-0.2, 0) is 19.6 Å². The fourth-order valence-corrected chi connectivity index (χ4v) is 3.87. The van der Waals surface area contributed by atoms with Gasteiger partial charge in [0.1, 0.15) is 5.60 Å². The van der Waals surface area contributed by atoms with Crippen LogP contribution in [0.25, 0.3) is 0 Å². The van der Waals surface area contributed by atoms with E-state index in [0.717, 1.165) is 25.7 Å². The van der Waals surface area contributed by atoms with E-state index in [1.165, 1.54) is 24.3 Å². The molecule has 1 aliphatic carbocycles. The van der Waals surface area contributed by atoms with Crippen molar-refractivity contribution in [3.8, 4) is 0 Å². The second kappa shape index (κ2) is 7.98. The van der Waals surface area contributed by atoms with Crippen molar-refractivity contribution in [2.24, 2.45) is 0 Å². The standard InChI is InChI=1S/C19H24F2O7S/c1-4-18(11-5-6-12-18)28-16(23)14-9-7-13(8-10-14)15(22)27-17(2,3)19(20,21)29(24,25)26/h7-10H,4-6,11-12H2,1-3H3,(H,24,25,26). The van der Waals surface area contributed by atoms with E-state index in [2.05, 4.69) is 4.74 Å². The summed E-state index contributed by atoms with van der Waals surface area (Å²) in [4.78, 5) is 24.5. The summed E-state index contributed by atoms with van der Waals surface area (Å²) in [6.07, 6.45) is 4.24. The number of esters is 2. The Bertz CT molecular complexity index is 870. The first-order valence-electron chi connectivity index (χ1n) is 9.16. The van der Waals surface area contributed by atoms with E-state index < -0.39 is 38.5 Å². The van der Waals surface area contributed by atoms with Gasteiger partial charge in [-0.25, -0.2) is 9.59 Å². The molecule has 2 rings (SSSR count). The summed E-state index contributed by atoms with van der Waals surface area (Å²) >= 11 is 0. The molecule has 0 bridgehead atoms. The van der Waals surface area contributed by atoms with Crippen LogP contribution in [0.15, 0.2) is 24.3 Å². The lowest BCUT2D eigenvalue weighted by Crippen LogP contribution is -2.51. The Hall–Kier alpha value is -2.07. The highest BCUT2D eigenvalue weighted by Crippen LogP contribution is 2.37. The van der Waals surface area contributed by atoms with Crippen LogP contribution in [0.2, 0.25) is 0 Å². The predicted molar refractivity (Wildman–Crippen MR) is 99.3 cm³/mol. The van der Waals surface area contributed by atoms with E-state index in [9.17, 15) is 26.8 Å². The maximum absolute atomic E-state index is 13.8. The molecule has 0 amide bonds. The lowest BCUT2D eigenvalue weighted by atomic mass is 9.98. The third-order valence-corrected chi connectivity index (χ3v) is 6.34. The first kappa shape index (κ1) is 23.2. The van der Waals surface area contributed by atoms with E-state index in [1.807, 2.05) is 6.92 Å². The van der Waals surface area contributed by atoms with Gasteiger partial charge in [0.25, 0.3) is 0 Å². The summed E-state index contributed by atoms with van der Waals surface area (Å²) in [6.45, 7) is 3.27. The largest absolute Gasteiger partial charge is 0.455 e. The van der Waals surface area contributed by atoms with Gasteiger partial charge in [-0.1, -0.05) is 6.92 Å². The molecule has 0 aliphatic heterocycles. The van der Waals surface area contributed by atoms with Crippen molar-refractivity contribution in [2.45, 2.75) is 69.3 Å². The number of carbonyl (C=O) groups excluding carboxylic acids is 2. The highest BCUT2D eigenvalue weighted by atomic mass is 32.2. The number of benzene rings is 1. The summed E-state index contributed by atoms with van der Waals surface area (Å²) in [5.74, 6) is -1.79. The maximum atomic E-state index is 13.8. The van der Waals surface area contributed by atoms with Crippen molar-refractivity contribution in [1.82, 2.24) is 0 Å². The van der Waals surface area contributed by atoms with Gasteiger partial charge in [-0.3, -0.25) is 4.55 Å². The van der Waals surface area contributed by atoms with Crippen LogP contribution >= 0.6 is 0 Å². The Labute approximate surface area is 168 Å². The van der Waals surface area contributed by atoms with Gasteiger partial charge < -0.3 is 9.47 Å². The van der Waals surface area contributed by atoms with Gasteiger partial charge in [-0.2, -0.15) is 17.2 Å². The molecule has 7 nitrogen and oxygen atoms in total. The molecule has 0 spiro atoms. The Kier molecular flexibility index (Phi) is 6.39. The predicted octanol–water partition coefficient (Wildman–Crippen LogP) is 3.98. The molecule has 10 heteroatoms. The minimum Gasteiger partial charge on any atom is -0.455 e. The fraction of sp³-hybridized carbons (Fsp3) is 0.579. The van der Waals surface area contributed by atoms with Crippen molar-refractivity contribution in [3.63, 3.8) is 0 Å². The summed E-state index contributed by atoms with van der Waals surface area (Å²) in [5.41, 5.74) is -3.30. The normalized spacial score (nSPS) is 17.0. The third-order valence-electron chi connectivity index (χ3n) is 5.20. The molecular formula is C19H24F2O7S. The molecule has 0 saturated heterocycles. The van der Waals surface area contributed by atoms with Crippen LogP contribution in [0.4, 0.5) is 8.78 Å². The van der Waals surface area contributed by atoms with Crippen LogP contribution in [0.1, 0.15) is 73.6 Å². The fourth-order valence-electron chi connectivity index (χ4n) is 3.21. The van der Waals surface area contributed by atoms with E-state index >= 15 is 0 Å². The van der Waals surface area contributed by atoms with Gasteiger partial charge in [-0.05, 0) is 70.2 Å². The first-order valence-corrected chi connectivity index (χ1v) is 10.6. The number of carbonyl (C=O) groups is 2.